The summed E-state index contributed by atoms with van der Waals surface area (Å²) in [4.78, 5) is 4.44. The molecule has 98 valence electrons. The van der Waals surface area contributed by atoms with E-state index in [0.717, 1.165) is 17.0 Å². The molecule has 3 nitrogen and oxygen atoms in total. The van der Waals surface area contributed by atoms with Gasteiger partial charge >= 0.3 is 0 Å². The molecule has 0 bridgehead atoms. The maximum Gasteiger partial charge on any atom is 0.138 e. The summed E-state index contributed by atoms with van der Waals surface area (Å²) >= 11 is 6.04. The molecule has 1 aromatic heterocycles. The Morgan fingerprint density at radius 2 is 2.16 bits per heavy atom. The Morgan fingerprint density at radius 3 is 2.84 bits per heavy atom. The molecule has 4 heteroatoms. The summed E-state index contributed by atoms with van der Waals surface area (Å²) < 4.78 is 5.63. The molecule has 0 saturated heterocycles. The smallest absolute Gasteiger partial charge is 0.138 e. The van der Waals surface area contributed by atoms with Crippen LogP contribution in [0.15, 0.2) is 43.0 Å². The third kappa shape index (κ3) is 3.48. The van der Waals surface area contributed by atoms with Crippen LogP contribution >= 0.6 is 11.6 Å². The van der Waals surface area contributed by atoms with E-state index in [4.69, 9.17) is 22.1 Å². The Morgan fingerprint density at radius 1 is 1.37 bits per heavy atom. The van der Waals surface area contributed by atoms with Crippen molar-refractivity contribution in [1.82, 2.24) is 4.98 Å². The molecule has 1 heterocycles. The van der Waals surface area contributed by atoms with Crippen molar-refractivity contribution in [2.75, 3.05) is 5.73 Å². The molecule has 1 aromatic carbocycles. The number of nitrogen functional groups attached to an aromatic ring is 1. The maximum atomic E-state index is 6.04. The zero-order chi connectivity index (χ0) is 13.8. The Balaban J connectivity index is 2.10. The minimum absolute atomic E-state index is 0.352. The number of allylic oxidation sites excluding steroid dienone is 1. The van der Waals surface area contributed by atoms with Crippen molar-refractivity contribution in [3.63, 3.8) is 0 Å². The van der Waals surface area contributed by atoms with Crippen molar-refractivity contribution < 1.29 is 4.74 Å². The van der Waals surface area contributed by atoms with E-state index in [1.807, 2.05) is 25.1 Å². The molecule has 2 rings (SSSR count). The van der Waals surface area contributed by atoms with Gasteiger partial charge in [0, 0.05) is 5.69 Å². The lowest BCUT2D eigenvalue weighted by molar-refractivity contribution is 0.301. The molecular formula is C15H15ClN2O. The molecule has 0 unspecified atom stereocenters. The Labute approximate surface area is 117 Å². The molecule has 0 aliphatic rings. The number of nitrogens with two attached hydrogens (primary N) is 1. The molecular weight excluding hydrogens is 260 g/mol. The summed E-state index contributed by atoms with van der Waals surface area (Å²) in [6.07, 6.45) is 0. The van der Waals surface area contributed by atoms with Crippen molar-refractivity contribution in [3.8, 4) is 5.75 Å². The van der Waals surface area contributed by atoms with Gasteiger partial charge in [-0.05, 0) is 42.8 Å². The molecule has 0 spiro atoms. The molecule has 2 aromatic rings. The van der Waals surface area contributed by atoms with E-state index in [2.05, 4.69) is 11.6 Å². The van der Waals surface area contributed by atoms with Gasteiger partial charge in [0.25, 0.3) is 0 Å². The first-order chi connectivity index (χ1) is 9.06. The van der Waals surface area contributed by atoms with Crippen molar-refractivity contribution in [2.24, 2.45) is 0 Å². The van der Waals surface area contributed by atoms with Gasteiger partial charge in [-0.2, -0.15) is 0 Å². The van der Waals surface area contributed by atoms with Crippen LogP contribution in [-0.4, -0.2) is 4.98 Å². The van der Waals surface area contributed by atoms with Gasteiger partial charge in [-0.1, -0.05) is 24.2 Å². The first-order valence-corrected chi connectivity index (χ1v) is 6.23. The Bertz CT molecular complexity index is 611. The summed E-state index contributed by atoms with van der Waals surface area (Å²) in [7, 11) is 0. The van der Waals surface area contributed by atoms with Crippen LogP contribution in [0.1, 0.15) is 18.3 Å². The highest BCUT2D eigenvalue weighted by atomic mass is 35.5. The van der Waals surface area contributed by atoms with Crippen molar-refractivity contribution in [2.45, 2.75) is 13.5 Å². The van der Waals surface area contributed by atoms with Gasteiger partial charge in [-0.15, -0.1) is 0 Å². The molecule has 2 N–H and O–H groups in total. The highest BCUT2D eigenvalue weighted by Gasteiger charge is 2.04. The van der Waals surface area contributed by atoms with E-state index in [0.29, 0.717) is 23.1 Å². The van der Waals surface area contributed by atoms with Crippen molar-refractivity contribution in [1.29, 1.82) is 0 Å². The van der Waals surface area contributed by atoms with Crippen LogP contribution < -0.4 is 10.5 Å². The van der Waals surface area contributed by atoms with Gasteiger partial charge < -0.3 is 10.5 Å². The fourth-order valence-electron chi connectivity index (χ4n) is 1.58. The molecule has 0 amide bonds. The SMILES string of the molecule is C=C(C)c1cccc(COc2ccc(N)cc2Cl)n1. The topological polar surface area (TPSA) is 48.1 Å². The Kier molecular flexibility index (Phi) is 4.07. The standard InChI is InChI=1S/C15H15ClN2O/c1-10(2)14-5-3-4-12(18-14)9-19-15-7-6-11(17)8-13(15)16/h3-8H,1,9,17H2,2H3. The van der Waals surface area contributed by atoms with E-state index in [1.54, 1.807) is 18.2 Å². The number of pyridine rings is 1. The lowest BCUT2D eigenvalue weighted by atomic mass is 10.2. The van der Waals surface area contributed by atoms with Gasteiger partial charge in [0.1, 0.15) is 12.4 Å². The van der Waals surface area contributed by atoms with Crippen LogP contribution in [0.2, 0.25) is 5.02 Å². The maximum absolute atomic E-state index is 6.04. The summed E-state index contributed by atoms with van der Waals surface area (Å²) in [6, 6.07) is 10.9. The van der Waals surface area contributed by atoms with Gasteiger partial charge in [-0.25, -0.2) is 4.98 Å². The summed E-state index contributed by atoms with van der Waals surface area (Å²) in [6.45, 7) is 6.14. The number of nitrogens with zero attached hydrogens (tertiary/aromatic N) is 1. The molecule has 0 atom stereocenters. The van der Waals surface area contributed by atoms with Crippen LogP contribution in [0.3, 0.4) is 0 Å². The number of hydrogen-bond donors (Lipinski definition) is 1. The van der Waals surface area contributed by atoms with E-state index < -0.39 is 0 Å². The summed E-state index contributed by atoms with van der Waals surface area (Å²) in [5.74, 6) is 0.596. The second kappa shape index (κ2) is 5.76. The first kappa shape index (κ1) is 13.4. The molecule has 0 radical (unpaired) electrons. The number of aromatic nitrogens is 1. The van der Waals surface area contributed by atoms with Crippen LogP contribution in [0.5, 0.6) is 5.75 Å². The Hall–Kier alpha value is -2.00. The van der Waals surface area contributed by atoms with Gasteiger partial charge in [-0.3, -0.25) is 0 Å². The predicted octanol–water partition coefficient (Wildman–Crippen LogP) is 3.93. The second-order valence-electron chi connectivity index (χ2n) is 4.27. The number of benzene rings is 1. The van der Waals surface area contributed by atoms with Crippen LogP contribution in [0.25, 0.3) is 5.57 Å². The van der Waals surface area contributed by atoms with E-state index in [1.165, 1.54) is 0 Å². The average Bonchev–Trinajstić information content (AvgIpc) is 2.38. The molecule has 0 aliphatic heterocycles. The molecule has 0 fully saturated rings. The van der Waals surface area contributed by atoms with Crippen molar-refractivity contribution in [3.05, 3.63) is 59.4 Å². The monoisotopic (exact) mass is 274 g/mol. The first-order valence-electron chi connectivity index (χ1n) is 5.86. The van der Waals surface area contributed by atoms with Gasteiger partial charge in [0.2, 0.25) is 0 Å². The zero-order valence-electron chi connectivity index (χ0n) is 10.7. The highest BCUT2D eigenvalue weighted by Crippen LogP contribution is 2.27. The van der Waals surface area contributed by atoms with E-state index in [-0.39, 0.29) is 0 Å². The van der Waals surface area contributed by atoms with Crippen LogP contribution in [0.4, 0.5) is 5.69 Å². The predicted molar refractivity (Wildman–Crippen MR) is 79.1 cm³/mol. The summed E-state index contributed by atoms with van der Waals surface area (Å²) in [5.41, 5.74) is 8.85. The number of rotatable bonds is 4. The van der Waals surface area contributed by atoms with E-state index in [9.17, 15) is 0 Å². The molecule has 0 saturated carbocycles. The second-order valence-corrected chi connectivity index (χ2v) is 4.68. The van der Waals surface area contributed by atoms with Crippen LogP contribution in [-0.2, 0) is 6.61 Å². The third-order valence-corrected chi connectivity index (χ3v) is 2.87. The minimum Gasteiger partial charge on any atom is -0.486 e. The highest BCUT2D eigenvalue weighted by molar-refractivity contribution is 6.32. The summed E-state index contributed by atoms with van der Waals surface area (Å²) in [5, 5.41) is 0.496. The van der Waals surface area contributed by atoms with E-state index >= 15 is 0 Å². The fraction of sp³-hybridized carbons (Fsp3) is 0.133. The number of ether oxygens (including phenoxy) is 1. The molecule has 0 aliphatic carbocycles. The third-order valence-electron chi connectivity index (χ3n) is 2.58. The van der Waals surface area contributed by atoms with Gasteiger partial charge in [0.15, 0.2) is 0 Å². The number of hydrogen-bond acceptors (Lipinski definition) is 3. The zero-order valence-corrected chi connectivity index (χ0v) is 11.4. The van der Waals surface area contributed by atoms with Crippen LogP contribution in [0, 0.1) is 0 Å². The van der Waals surface area contributed by atoms with Gasteiger partial charge in [0.05, 0.1) is 16.4 Å². The van der Waals surface area contributed by atoms with Crippen molar-refractivity contribution >= 4 is 22.9 Å². The largest absolute Gasteiger partial charge is 0.486 e. The normalized spacial score (nSPS) is 10.2. The number of anilines is 1. The lowest BCUT2D eigenvalue weighted by Gasteiger charge is -2.09. The average molecular weight is 275 g/mol. The quantitative estimate of drug-likeness (QED) is 0.860. The number of halogens is 1. The minimum atomic E-state index is 0.352. The lowest BCUT2D eigenvalue weighted by Crippen LogP contribution is -2.00. The molecule has 19 heavy (non-hydrogen) atoms. The fourth-order valence-corrected chi connectivity index (χ4v) is 1.83.